The van der Waals surface area contributed by atoms with E-state index in [1.54, 1.807) is 36.2 Å². The number of hydrogen-bond donors (Lipinski definition) is 1. The Hall–Kier alpha value is -4.12. The summed E-state index contributed by atoms with van der Waals surface area (Å²) in [6, 6.07) is 15.7. The Morgan fingerprint density at radius 2 is 2.00 bits per heavy atom. The Labute approximate surface area is 185 Å². The minimum Gasteiger partial charge on any atom is -0.489 e. The molecule has 8 nitrogen and oxygen atoms in total. The van der Waals surface area contributed by atoms with Gasteiger partial charge in [0.2, 0.25) is 0 Å². The number of nitrogens with zero attached hydrogens (tertiary/aromatic N) is 3. The molecular weight excluding hydrogens is 408 g/mol. The normalized spacial score (nSPS) is 18.3. The zero-order valence-electron chi connectivity index (χ0n) is 17.6. The number of nitrogens with two attached hydrogens (primary N) is 1. The molecule has 2 aromatic carbocycles. The van der Waals surface area contributed by atoms with E-state index in [-0.39, 0.29) is 18.1 Å². The summed E-state index contributed by atoms with van der Waals surface area (Å²) < 4.78 is 5.78. The average molecular weight is 430 g/mol. The van der Waals surface area contributed by atoms with Crippen LogP contribution in [0.25, 0.3) is 0 Å². The number of nitriles is 1. The second-order valence-electron chi connectivity index (χ2n) is 7.82. The number of nitro benzene ring substituents is 1. The molecule has 0 bridgehead atoms. The van der Waals surface area contributed by atoms with Crippen molar-refractivity contribution in [3.63, 3.8) is 0 Å². The van der Waals surface area contributed by atoms with E-state index in [4.69, 9.17) is 10.5 Å². The number of benzene rings is 2. The van der Waals surface area contributed by atoms with Crippen molar-refractivity contribution in [3.05, 3.63) is 92.4 Å². The molecule has 162 valence electrons. The minimum absolute atomic E-state index is 0.0124. The van der Waals surface area contributed by atoms with Crippen molar-refractivity contribution in [3.8, 4) is 11.8 Å². The van der Waals surface area contributed by atoms with E-state index in [2.05, 4.69) is 6.07 Å². The van der Waals surface area contributed by atoms with E-state index in [0.29, 0.717) is 34.7 Å². The number of rotatable bonds is 5. The fourth-order valence-electron chi connectivity index (χ4n) is 4.28. The van der Waals surface area contributed by atoms with Gasteiger partial charge in [-0.2, -0.15) is 5.26 Å². The van der Waals surface area contributed by atoms with Gasteiger partial charge in [0, 0.05) is 36.9 Å². The molecule has 1 aliphatic heterocycles. The third kappa shape index (κ3) is 3.81. The van der Waals surface area contributed by atoms with Crippen LogP contribution in [0.2, 0.25) is 0 Å². The number of ketones is 1. The van der Waals surface area contributed by atoms with E-state index in [1.807, 2.05) is 12.1 Å². The molecule has 0 unspecified atom stereocenters. The molecule has 2 aromatic rings. The van der Waals surface area contributed by atoms with E-state index < -0.39 is 10.8 Å². The smallest absolute Gasteiger partial charge is 0.269 e. The standard InChI is InChI=1S/C24H22N4O4/c1-27-20-6-3-7-21(29)23(20)22(19(13-25)24(27)26)16-8-10-18(11-9-16)32-14-15-4-2-5-17(12-15)28(30)31/h2,4-5,8-12,22H,3,6-7,14,26H2,1H3/t22-/m0/s1. The maximum atomic E-state index is 12.8. The molecular formula is C24H22N4O4. The number of carbonyl (C=O) groups excluding carboxylic acids is 1. The summed E-state index contributed by atoms with van der Waals surface area (Å²) in [6.45, 7) is 0.180. The van der Waals surface area contributed by atoms with Crippen LogP contribution in [0.4, 0.5) is 5.69 Å². The SMILES string of the molecule is CN1C(N)=C(C#N)[C@H](c2ccc(OCc3cccc([N+](=O)[O-])c3)cc2)C2=C1CCCC2=O. The van der Waals surface area contributed by atoms with E-state index in [0.717, 1.165) is 24.1 Å². The Morgan fingerprint density at radius 3 is 2.69 bits per heavy atom. The van der Waals surface area contributed by atoms with Crippen molar-refractivity contribution in [1.29, 1.82) is 5.26 Å². The molecule has 0 saturated heterocycles. The Kier molecular flexibility index (Phi) is 5.65. The van der Waals surface area contributed by atoms with Crippen LogP contribution in [0.1, 0.15) is 36.3 Å². The minimum atomic E-state index is -0.496. The van der Waals surface area contributed by atoms with Gasteiger partial charge in [-0.15, -0.1) is 0 Å². The van der Waals surface area contributed by atoms with Crippen LogP contribution in [0.5, 0.6) is 5.75 Å². The van der Waals surface area contributed by atoms with Gasteiger partial charge in [0.15, 0.2) is 5.78 Å². The molecule has 1 atom stereocenters. The van der Waals surface area contributed by atoms with Gasteiger partial charge in [0.1, 0.15) is 18.2 Å². The van der Waals surface area contributed by atoms with Gasteiger partial charge >= 0.3 is 0 Å². The summed E-state index contributed by atoms with van der Waals surface area (Å²) in [7, 11) is 1.79. The van der Waals surface area contributed by atoms with Crippen LogP contribution < -0.4 is 10.5 Å². The first kappa shape index (κ1) is 21.1. The number of ether oxygens (including phenoxy) is 1. The van der Waals surface area contributed by atoms with Gasteiger partial charge in [-0.3, -0.25) is 14.9 Å². The summed E-state index contributed by atoms with van der Waals surface area (Å²) in [6.07, 6.45) is 1.98. The van der Waals surface area contributed by atoms with Gasteiger partial charge < -0.3 is 15.4 Å². The summed E-state index contributed by atoms with van der Waals surface area (Å²) in [4.78, 5) is 25.0. The summed E-state index contributed by atoms with van der Waals surface area (Å²) in [5.74, 6) is 0.504. The number of carbonyl (C=O) groups is 1. The second-order valence-corrected chi connectivity index (χ2v) is 7.82. The van der Waals surface area contributed by atoms with Crippen LogP contribution in [0.3, 0.4) is 0 Å². The van der Waals surface area contributed by atoms with Crippen molar-refractivity contribution in [2.75, 3.05) is 7.05 Å². The summed E-state index contributed by atoms with van der Waals surface area (Å²) in [5, 5.41) is 20.7. The van der Waals surface area contributed by atoms with Crippen LogP contribution >= 0.6 is 0 Å². The molecule has 0 radical (unpaired) electrons. The van der Waals surface area contributed by atoms with Crippen molar-refractivity contribution in [2.45, 2.75) is 31.8 Å². The van der Waals surface area contributed by atoms with Gasteiger partial charge in [0.05, 0.1) is 22.5 Å². The highest BCUT2D eigenvalue weighted by atomic mass is 16.6. The Bertz CT molecular complexity index is 1190. The average Bonchev–Trinajstić information content (AvgIpc) is 2.80. The van der Waals surface area contributed by atoms with Crippen molar-refractivity contribution in [1.82, 2.24) is 4.90 Å². The monoisotopic (exact) mass is 430 g/mol. The molecule has 0 saturated carbocycles. The zero-order chi connectivity index (χ0) is 22.8. The van der Waals surface area contributed by atoms with Crippen molar-refractivity contribution in [2.24, 2.45) is 5.73 Å². The van der Waals surface area contributed by atoms with Gasteiger partial charge in [-0.1, -0.05) is 24.3 Å². The third-order valence-corrected chi connectivity index (χ3v) is 5.91. The maximum absolute atomic E-state index is 12.8. The highest BCUT2D eigenvalue weighted by Crippen LogP contribution is 2.44. The molecule has 1 heterocycles. The van der Waals surface area contributed by atoms with Crippen LogP contribution in [-0.2, 0) is 11.4 Å². The van der Waals surface area contributed by atoms with Crippen molar-refractivity contribution >= 4 is 11.5 Å². The molecule has 0 fully saturated rings. The van der Waals surface area contributed by atoms with Crippen LogP contribution in [0, 0.1) is 21.4 Å². The molecule has 4 rings (SSSR count). The Balaban J connectivity index is 1.59. The third-order valence-electron chi connectivity index (χ3n) is 5.91. The molecule has 0 amide bonds. The molecule has 0 aromatic heterocycles. The topological polar surface area (TPSA) is 122 Å². The summed E-state index contributed by atoms with van der Waals surface area (Å²) >= 11 is 0. The first-order valence-corrected chi connectivity index (χ1v) is 10.3. The highest BCUT2D eigenvalue weighted by molar-refractivity contribution is 5.99. The lowest BCUT2D eigenvalue weighted by molar-refractivity contribution is -0.384. The first-order chi connectivity index (χ1) is 15.4. The molecule has 2 aliphatic rings. The van der Waals surface area contributed by atoms with Gasteiger partial charge in [0.25, 0.3) is 5.69 Å². The fourth-order valence-corrected chi connectivity index (χ4v) is 4.28. The quantitative estimate of drug-likeness (QED) is 0.564. The van der Waals surface area contributed by atoms with E-state index in [9.17, 15) is 20.2 Å². The number of Topliss-reactive ketones (excluding diaryl/α,β-unsaturated/α-hetero) is 1. The lowest BCUT2D eigenvalue weighted by atomic mass is 9.76. The van der Waals surface area contributed by atoms with Crippen LogP contribution in [-0.4, -0.2) is 22.7 Å². The van der Waals surface area contributed by atoms with E-state index in [1.165, 1.54) is 12.1 Å². The summed E-state index contributed by atoms with van der Waals surface area (Å²) in [5.41, 5.74) is 9.64. The van der Waals surface area contributed by atoms with Gasteiger partial charge in [-0.25, -0.2) is 0 Å². The van der Waals surface area contributed by atoms with E-state index >= 15 is 0 Å². The predicted molar refractivity (Wildman–Crippen MR) is 117 cm³/mol. The fraction of sp³-hybridized carbons (Fsp3) is 0.250. The van der Waals surface area contributed by atoms with Crippen LogP contribution in [0.15, 0.2) is 71.2 Å². The highest BCUT2D eigenvalue weighted by Gasteiger charge is 2.38. The predicted octanol–water partition coefficient (Wildman–Crippen LogP) is 3.90. The molecule has 32 heavy (non-hydrogen) atoms. The Morgan fingerprint density at radius 1 is 1.25 bits per heavy atom. The molecule has 1 aliphatic carbocycles. The molecule has 0 spiro atoms. The second kappa shape index (κ2) is 8.55. The number of hydrogen-bond acceptors (Lipinski definition) is 7. The largest absolute Gasteiger partial charge is 0.489 e. The number of allylic oxidation sites excluding steroid dienone is 3. The zero-order valence-corrected chi connectivity index (χ0v) is 17.6. The van der Waals surface area contributed by atoms with Gasteiger partial charge in [-0.05, 0) is 36.1 Å². The number of non-ortho nitro benzene ring substituents is 1. The molecule has 2 N–H and O–H groups in total. The molecule has 8 heteroatoms. The lowest BCUT2D eigenvalue weighted by Crippen LogP contribution is -2.36. The number of nitro groups is 1. The lowest BCUT2D eigenvalue weighted by Gasteiger charge is -2.37. The maximum Gasteiger partial charge on any atom is 0.269 e. The first-order valence-electron chi connectivity index (χ1n) is 10.3. The van der Waals surface area contributed by atoms with Crippen molar-refractivity contribution < 1.29 is 14.5 Å².